The number of hydrogen-bond acceptors (Lipinski definition) is 1. The van der Waals surface area contributed by atoms with E-state index in [9.17, 15) is 0 Å². The Labute approximate surface area is 118 Å². The third-order valence-corrected chi connectivity index (χ3v) is 3.53. The summed E-state index contributed by atoms with van der Waals surface area (Å²) in [6.07, 6.45) is 4.41. The Balaban J connectivity index is 2.62. The van der Waals surface area contributed by atoms with Crippen LogP contribution in [0.3, 0.4) is 0 Å². The van der Waals surface area contributed by atoms with Crippen molar-refractivity contribution in [3.8, 4) is 11.8 Å². The van der Waals surface area contributed by atoms with Gasteiger partial charge in [0.25, 0.3) is 0 Å². The zero-order valence-corrected chi connectivity index (χ0v) is 12.8. The predicted molar refractivity (Wildman–Crippen MR) is 84.4 cm³/mol. The molecule has 0 aliphatic carbocycles. The zero-order valence-electron chi connectivity index (χ0n) is 12.8. The van der Waals surface area contributed by atoms with Crippen molar-refractivity contribution in [2.45, 2.75) is 59.4 Å². The molecule has 0 saturated carbocycles. The Hall–Kier alpha value is -1.26. The summed E-state index contributed by atoms with van der Waals surface area (Å²) in [5.74, 6) is 6.15. The molecule has 1 atom stereocenters. The van der Waals surface area contributed by atoms with Crippen LogP contribution in [0.15, 0.2) is 18.2 Å². The lowest BCUT2D eigenvalue weighted by Gasteiger charge is -2.18. The SMILES string of the molecule is CC#CCCC(Cc1ccc(C)c(C)c1)NCCC. The highest BCUT2D eigenvalue weighted by Crippen LogP contribution is 2.13. The minimum Gasteiger partial charge on any atom is -0.314 e. The van der Waals surface area contributed by atoms with Gasteiger partial charge in [0.1, 0.15) is 0 Å². The van der Waals surface area contributed by atoms with Crippen LogP contribution in [0.1, 0.15) is 49.8 Å². The first-order valence-electron chi connectivity index (χ1n) is 7.36. The monoisotopic (exact) mass is 257 g/mol. The van der Waals surface area contributed by atoms with E-state index < -0.39 is 0 Å². The van der Waals surface area contributed by atoms with Crippen LogP contribution in [0.25, 0.3) is 0 Å². The van der Waals surface area contributed by atoms with Crippen LogP contribution in [-0.4, -0.2) is 12.6 Å². The van der Waals surface area contributed by atoms with Crippen LogP contribution in [0, 0.1) is 25.7 Å². The fourth-order valence-corrected chi connectivity index (χ4v) is 2.21. The van der Waals surface area contributed by atoms with E-state index in [1.165, 1.54) is 23.1 Å². The fraction of sp³-hybridized carbons (Fsp3) is 0.556. The molecule has 0 spiro atoms. The highest BCUT2D eigenvalue weighted by atomic mass is 14.9. The molecule has 1 N–H and O–H groups in total. The second-order valence-corrected chi connectivity index (χ2v) is 5.24. The largest absolute Gasteiger partial charge is 0.314 e. The van der Waals surface area contributed by atoms with Crippen LogP contribution < -0.4 is 5.32 Å². The second kappa shape index (κ2) is 8.77. The molecule has 0 saturated heterocycles. The van der Waals surface area contributed by atoms with Crippen molar-refractivity contribution < 1.29 is 0 Å². The maximum absolute atomic E-state index is 3.64. The summed E-state index contributed by atoms with van der Waals surface area (Å²) < 4.78 is 0. The lowest BCUT2D eigenvalue weighted by molar-refractivity contribution is 0.483. The smallest absolute Gasteiger partial charge is 0.0116 e. The summed E-state index contributed by atoms with van der Waals surface area (Å²) in [4.78, 5) is 0. The van der Waals surface area contributed by atoms with Crippen molar-refractivity contribution in [2.24, 2.45) is 0 Å². The lowest BCUT2D eigenvalue weighted by Crippen LogP contribution is -2.31. The summed E-state index contributed by atoms with van der Waals surface area (Å²) in [7, 11) is 0. The van der Waals surface area contributed by atoms with Crippen LogP contribution in [0.2, 0.25) is 0 Å². The quantitative estimate of drug-likeness (QED) is 0.728. The topological polar surface area (TPSA) is 12.0 Å². The second-order valence-electron chi connectivity index (χ2n) is 5.24. The van der Waals surface area contributed by atoms with Crippen molar-refractivity contribution in [1.29, 1.82) is 0 Å². The third-order valence-electron chi connectivity index (χ3n) is 3.53. The number of hydrogen-bond donors (Lipinski definition) is 1. The fourth-order valence-electron chi connectivity index (χ4n) is 2.21. The third kappa shape index (κ3) is 5.94. The van der Waals surface area contributed by atoms with Gasteiger partial charge in [-0.05, 0) is 63.3 Å². The van der Waals surface area contributed by atoms with Gasteiger partial charge in [0.2, 0.25) is 0 Å². The molecular formula is C18H27N. The van der Waals surface area contributed by atoms with Gasteiger partial charge >= 0.3 is 0 Å². The molecule has 19 heavy (non-hydrogen) atoms. The van der Waals surface area contributed by atoms with Crippen LogP contribution in [0.5, 0.6) is 0 Å². The Kier molecular flexibility index (Phi) is 7.30. The molecule has 0 fully saturated rings. The molecule has 1 aromatic carbocycles. The molecular weight excluding hydrogens is 230 g/mol. The standard InChI is InChI=1S/C18H27N/c1-5-7-8-9-18(19-12-6-2)14-17-11-10-15(3)16(4)13-17/h10-11,13,18-19H,6,8-9,12,14H2,1-4H3. The van der Waals surface area contributed by atoms with Gasteiger partial charge in [0.05, 0.1) is 0 Å². The molecule has 1 heteroatoms. The summed E-state index contributed by atoms with van der Waals surface area (Å²) in [6, 6.07) is 7.35. The van der Waals surface area contributed by atoms with Crippen LogP contribution in [-0.2, 0) is 6.42 Å². The van der Waals surface area contributed by atoms with E-state index >= 15 is 0 Å². The summed E-state index contributed by atoms with van der Waals surface area (Å²) >= 11 is 0. The van der Waals surface area contributed by atoms with E-state index in [-0.39, 0.29) is 0 Å². The molecule has 1 nitrogen and oxygen atoms in total. The molecule has 0 amide bonds. The molecule has 104 valence electrons. The Bertz CT molecular complexity index is 437. The summed E-state index contributed by atoms with van der Waals surface area (Å²) in [5, 5.41) is 3.64. The van der Waals surface area contributed by atoms with E-state index in [2.05, 4.69) is 56.1 Å². The van der Waals surface area contributed by atoms with Gasteiger partial charge in [-0.3, -0.25) is 0 Å². The highest BCUT2D eigenvalue weighted by molar-refractivity contribution is 5.30. The minimum atomic E-state index is 0.544. The van der Waals surface area contributed by atoms with Crippen LogP contribution in [0.4, 0.5) is 0 Å². The van der Waals surface area contributed by atoms with Gasteiger partial charge in [-0.25, -0.2) is 0 Å². The molecule has 1 rings (SSSR count). The van der Waals surface area contributed by atoms with Gasteiger partial charge in [-0.15, -0.1) is 11.8 Å². The van der Waals surface area contributed by atoms with Gasteiger partial charge in [0.15, 0.2) is 0 Å². The first kappa shape index (κ1) is 15.8. The van der Waals surface area contributed by atoms with E-state index in [4.69, 9.17) is 0 Å². The van der Waals surface area contributed by atoms with Crippen LogP contribution >= 0.6 is 0 Å². The van der Waals surface area contributed by atoms with E-state index in [1.54, 1.807) is 0 Å². The van der Waals surface area contributed by atoms with Crippen molar-refractivity contribution in [2.75, 3.05) is 6.54 Å². The van der Waals surface area contributed by atoms with Crippen molar-refractivity contribution in [1.82, 2.24) is 5.32 Å². The Morgan fingerprint density at radius 3 is 2.63 bits per heavy atom. The number of nitrogens with one attached hydrogen (secondary N) is 1. The van der Waals surface area contributed by atoms with Gasteiger partial charge in [-0.2, -0.15) is 0 Å². The van der Waals surface area contributed by atoms with Gasteiger partial charge in [-0.1, -0.05) is 25.1 Å². The molecule has 0 aliphatic heterocycles. The summed E-state index contributed by atoms with van der Waals surface area (Å²) in [6.45, 7) is 9.58. The van der Waals surface area contributed by atoms with Crippen molar-refractivity contribution >= 4 is 0 Å². The normalized spacial score (nSPS) is 11.8. The molecule has 0 aromatic heterocycles. The molecule has 0 aliphatic rings. The van der Waals surface area contributed by atoms with E-state index in [0.29, 0.717) is 6.04 Å². The Morgan fingerprint density at radius 2 is 2.00 bits per heavy atom. The lowest BCUT2D eigenvalue weighted by atomic mass is 9.98. The average Bonchev–Trinajstić information content (AvgIpc) is 2.40. The molecule has 1 unspecified atom stereocenters. The highest BCUT2D eigenvalue weighted by Gasteiger charge is 2.08. The first-order chi connectivity index (χ1) is 9.17. The maximum Gasteiger partial charge on any atom is 0.0116 e. The Morgan fingerprint density at radius 1 is 1.21 bits per heavy atom. The van der Waals surface area contributed by atoms with E-state index in [0.717, 1.165) is 25.8 Å². The number of rotatable bonds is 7. The maximum atomic E-state index is 3.64. The summed E-state index contributed by atoms with van der Waals surface area (Å²) in [5.41, 5.74) is 4.19. The van der Waals surface area contributed by atoms with Crippen molar-refractivity contribution in [3.05, 3.63) is 34.9 Å². The van der Waals surface area contributed by atoms with Crippen molar-refractivity contribution in [3.63, 3.8) is 0 Å². The predicted octanol–water partition coefficient (Wildman–Crippen LogP) is 4.02. The van der Waals surface area contributed by atoms with Gasteiger partial charge in [0, 0.05) is 12.5 Å². The molecule has 0 heterocycles. The van der Waals surface area contributed by atoms with E-state index in [1.807, 2.05) is 6.92 Å². The zero-order chi connectivity index (χ0) is 14.1. The molecule has 1 aromatic rings. The number of aryl methyl sites for hydroxylation is 2. The number of benzene rings is 1. The average molecular weight is 257 g/mol. The first-order valence-corrected chi connectivity index (χ1v) is 7.36. The molecule has 0 radical (unpaired) electrons. The molecule has 0 bridgehead atoms. The van der Waals surface area contributed by atoms with Gasteiger partial charge < -0.3 is 5.32 Å². The minimum absolute atomic E-state index is 0.544.